The van der Waals surface area contributed by atoms with Gasteiger partial charge in [-0.1, -0.05) is 29.8 Å². The molecule has 5 heteroatoms. The fraction of sp³-hybridized carbons (Fsp3) is 0.529. The van der Waals surface area contributed by atoms with Crippen LogP contribution in [-0.4, -0.2) is 43.9 Å². The quantitative estimate of drug-likeness (QED) is 0.917. The lowest BCUT2D eigenvalue weighted by atomic mass is 9.94. The zero-order valence-corrected chi connectivity index (χ0v) is 13.3. The Morgan fingerprint density at radius 3 is 2.77 bits per heavy atom. The van der Waals surface area contributed by atoms with Crippen LogP contribution >= 0.6 is 0 Å². The van der Waals surface area contributed by atoms with Crippen LogP contribution in [0.25, 0.3) is 0 Å². The van der Waals surface area contributed by atoms with Crippen LogP contribution in [0.2, 0.25) is 0 Å². The number of nitrogens with zero attached hydrogens (tertiary/aromatic N) is 4. The van der Waals surface area contributed by atoms with Gasteiger partial charge in [0, 0.05) is 12.6 Å². The van der Waals surface area contributed by atoms with Crippen LogP contribution in [0.3, 0.4) is 0 Å². The van der Waals surface area contributed by atoms with Gasteiger partial charge in [-0.25, -0.2) is 4.98 Å². The number of rotatable bonds is 5. The van der Waals surface area contributed by atoms with E-state index in [1.807, 2.05) is 23.7 Å². The molecule has 0 aliphatic carbocycles. The molecule has 1 fully saturated rings. The molecule has 2 heterocycles. The minimum Gasteiger partial charge on any atom is -0.384 e. The molecule has 2 atom stereocenters. The van der Waals surface area contributed by atoms with Crippen LogP contribution in [-0.2, 0) is 12.1 Å². The summed E-state index contributed by atoms with van der Waals surface area (Å²) >= 11 is 0. The Labute approximate surface area is 131 Å². The first-order chi connectivity index (χ1) is 10.5. The highest BCUT2D eigenvalue weighted by Gasteiger charge is 2.32. The van der Waals surface area contributed by atoms with E-state index in [4.69, 9.17) is 0 Å². The van der Waals surface area contributed by atoms with Gasteiger partial charge in [-0.3, -0.25) is 9.58 Å². The van der Waals surface area contributed by atoms with Crippen molar-refractivity contribution in [2.45, 2.75) is 44.9 Å². The molecule has 22 heavy (non-hydrogen) atoms. The number of likely N-dealkylation sites (tertiary alicyclic amines) is 1. The number of aromatic nitrogens is 3. The van der Waals surface area contributed by atoms with E-state index in [-0.39, 0.29) is 0 Å². The second kappa shape index (κ2) is 6.18. The number of hydrogen-bond donors (Lipinski definition) is 1. The van der Waals surface area contributed by atoms with E-state index < -0.39 is 5.60 Å². The summed E-state index contributed by atoms with van der Waals surface area (Å²) in [5, 5.41) is 15.1. The summed E-state index contributed by atoms with van der Waals surface area (Å²) in [6.07, 6.45) is 5.64. The van der Waals surface area contributed by atoms with Crippen molar-refractivity contribution in [1.29, 1.82) is 0 Å². The maximum atomic E-state index is 10.9. The number of β-amino-alcohol motifs (C(OH)–C–C–N with tert-alkyl or cyclic N) is 1. The van der Waals surface area contributed by atoms with Gasteiger partial charge >= 0.3 is 0 Å². The molecule has 118 valence electrons. The Morgan fingerprint density at radius 1 is 1.32 bits per heavy atom. The summed E-state index contributed by atoms with van der Waals surface area (Å²) in [7, 11) is 0. The van der Waals surface area contributed by atoms with Crippen molar-refractivity contribution in [3.63, 3.8) is 0 Å². The maximum absolute atomic E-state index is 10.9. The third kappa shape index (κ3) is 3.36. The van der Waals surface area contributed by atoms with Crippen LogP contribution < -0.4 is 0 Å². The van der Waals surface area contributed by atoms with Crippen molar-refractivity contribution in [1.82, 2.24) is 19.7 Å². The van der Waals surface area contributed by atoms with Crippen molar-refractivity contribution in [3.05, 3.63) is 48.0 Å². The van der Waals surface area contributed by atoms with E-state index in [2.05, 4.69) is 34.0 Å². The highest BCUT2D eigenvalue weighted by atomic mass is 16.3. The Kier molecular flexibility index (Phi) is 4.27. The van der Waals surface area contributed by atoms with E-state index in [1.54, 1.807) is 12.7 Å². The van der Waals surface area contributed by atoms with E-state index in [0.717, 1.165) is 25.1 Å². The molecule has 1 N–H and O–H groups in total. The Bertz CT molecular complexity index is 592. The fourth-order valence-electron chi connectivity index (χ4n) is 3.25. The molecular weight excluding hydrogens is 276 g/mol. The largest absolute Gasteiger partial charge is 0.384 e. The molecule has 0 radical (unpaired) electrons. The van der Waals surface area contributed by atoms with Gasteiger partial charge in [-0.05, 0) is 38.8 Å². The number of aryl methyl sites for hydroxylation is 1. The van der Waals surface area contributed by atoms with Gasteiger partial charge in [-0.2, -0.15) is 5.10 Å². The first-order valence-corrected chi connectivity index (χ1v) is 7.90. The molecule has 2 aromatic rings. The third-order valence-electron chi connectivity index (χ3n) is 4.55. The topological polar surface area (TPSA) is 54.2 Å². The van der Waals surface area contributed by atoms with Gasteiger partial charge in [0.2, 0.25) is 0 Å². The standard InChI is InChI=1S/C17H24N4O/c1-14-5-7-15(8-6-14)17(2,22)11-20-9-3-4-16(20)10-21-13-18-12-19-21/h5-8,12-13,16,22H,3-4,9-11H2,1-2H3. The van der Waals surface area contributed by atoms with Gasteiger partial charge in [0.25, 0.3) is 0 Å². The summed E-state index contributed by atoms with van der Waals surface area (Å²) in [5.74, 6) is 0. The molecule has 1 aliphatic rings. The van der Waals surface area contributed by atoms with Crippen LogP contribution in [0, 0.1) is 6.92 Å². The number of benzene rings is 1. The molecule has 1 aromatic carbocycles. The zero-order chi connectivity index (χ0) is 15.6. The first-order valence-electron chi connectivity index (χ1n) is 7.90. The molecule has 0 bridgehead atoms. The number of hydrogen-bond acceptors (Lipinski definition) is 4. The van der Waals surface area contributed by atoms with E-state index in [0.29, 0.717) is 12.6 Å². The monoisotopic (exact) mass is 300 g/mol. The number of aliphatic hydroxyl groups is 1. The van der Waals surface area contributed by atoms with Crippen LogP contribution in [0.15, 0.2) is 36.9 Å². The lowest BCUT2D eigenvalue weighted by Gasteiger charge is -2.33. The summed E-state index contributed by atoms with van der Waals surface area (Å²) < 4.78 is 1.88. The SMILES string of the molecule is Cc1ccc(C(C)(O)CN2CCCC2Cn2cncn2)cc1. The van der Waals surface area contributed by atoms with E-state index >= 15 is 0 Å². The third-order valence-corrected chi connectivity index (χ3v) is 4.55. The highest BCUT2D eigenvalue weighted by Crippen LogP contribution is 2.27. The molecule has 5 nitrogen and oxygen atoms in total. The lowest BCUT2D eigenvalue weighted by Crippen LogP contribution is -2.43. The van der Waals surface area contributed by atoms with E-state index in [1.165, 1.54) is 12.0 Å². The average Bonchev–Trinajstić information content (AvgIpc) is 3.12. The van der Waals surface area contributed by atoms with Crippen molar-refractivity contribution in [2.75, 3.05) is 13.1 Å². The molecule has 2 unspecified atom stereocenters. The zero-order valence-electron chi connectivity index (χ0n) is 13.3. The van der Waals surface area contributed by atoms with Crippen LogP contribution in [0.1, 0.15) is 30.9 Å². The summed E-state index contributed by atoms with van der Waals surface area (Å²) in [5.41, 5.74) is 1.35. The minimum absolute atomic E-state index is 0.415. The minimum atomic E-state index is -0.835. The Hall–Kier alpha value is -1.72. The molecule has 1 aromatic heterocycles. The Morgan fingerprint density at radius 2 is 2.09 bits per heavy atom. The molecule has 3 rings (SSSR count). The van der Waals surface area contributed by atoms with Crippen molar-refractivity contribution < 1.29 is 5.11 Å². The summed E-state index contributed by atoms with van der Waals surface area (Å²) in [6.45, 7) is 6.48. The second-order valence-electron chi connectivity index (χ2n) is 6.52. The molecular formula is C17H24N4O. The van der Waals surface area contributed by atoms with Crippen molar-refractivity contribution in [3.8, 4) is 0 Å². The Balaban J connectivity index is 1.69. The molecule has 0 amide bonds. The lowest BCUT2D eigenvalue weighted by molar-refractivity contribution is 0.00964. The van der Waals surface area contributed by atoms with Gasteiger partial charge in [0.05, 0.1) is 12.1 Å². The second-order valence-corrected chi connectivity index (χ2v) is 6.52. The van der Waals surface area contributed by atoms with Gasteiger partial charge in [0.1, 0.15) is 12.7 Å². The van der Waals surface area contributed by atoms with E-state index in [9.17, 15) is 5.11 Å². The summed E-state index contributed by atoms with van der Waals surface area (Å²) in [6, 6.07) is 8.58. The predicted molar refractivity (Wildman–Crippen MR) is 85.4 cm³/mol. The highest BCUT2D eigenvalue weighted by molar-refractivity contribution is 5.26. The fourth-order valence-corrected chi connectivity index (χ4v) is 3.25. The van der Waals surface area contributed by atoms with Crippen molar-refractivity contribution in [2.24, 2.45) is 0 Å². The van der Waals surface area contributed by atoms with Gasteiger partial charge < -0.3 is 5.11 Å². The maximum Gasteiger partial charge on any atom is 0.137 e. The van der Waals surface area contributed by atoms with Gasteiger partial charge in [-0.15, -0.1) is 0 Å². The normalized spacial score (nSPS) is 21.9. The summed E-state index contributed by atoms with van der Waals surface area (Å²) in [4.78, 5) is 6.38. The van der Waals surface area contributed by atoms with Crippen LogP contribution in [0.4, 0.5) is 0 Å². The molecule has 1 aliphatic heterocycles. The smallest absolute Gasteiger partial charge is 0.137 e. The van der Waals surface area contributed by atoms with Crippen LogP contribution in [0.5, 0.6) is 0 Å². The first kappa shape index (κ1) is 15.2. The average molecular weight is 300 g/mol. The molecule has 0 saturated carbocycles. The predicted octanol–water partition coefficient (Wildman–Crippen LogP) is 1.96. The molecule has 1 saturated heterocycles. The molecule has 0 spiro atoms. The van der Waals surface area contributed by atoms with Crippen molar-refractivity contribution >= 4 is 0 Å². The van der Waals surface area contributed by atoms with Gasteiger partial charge in [0.15, 0.2) is 0 Å².